The van der Waals surface area contributed by atoms with Gasteiger partial charge in [0, 0.05) is 38.3 Å². The Morgan fingerprint density at radius 3 is 2.64 bits per heavy atom. The molecule has 2 heterocycles. The maximum absolute atomic E-state index is 11.7. The fraction of sp³-hybridized carbons (Fsp3) is 0.444. The molecule has 2 rings (SSSR count). The summed E-state index contributed by atoms with van der Waals surface area (Å²) in [5, 5.41) is 0. The fourth-order valence-corrected chi connectivity index (χ4v) is 1.48. The SMILES string of the molecule is O=C1CCN(C(=O)n2ccnc2)CC1. The standard InChI is InChI=1S/C9H11N3O2/c13-8-1-4-11(5-2-8)9(14)12-6-3-10-7-12/h3,6-7H,1-2,4-5H2. The van der Waals surface area contributed by atoms with E-state index in [1.807, 2.05) is 0 Å². The highest BCUT2D eigenvalue weighted by molar-refractivity contribution is 5.83. The van der Waals surface area contributed by atoms with Crippen molar-refractivity contribution in [1.29, 1.82) is 0 Å². The van der Waals surface area contributed by atoms with Crippen LogP contribution in [-0.4, -0.2) is 39.4 Å². The molecule has 0 aromatic carbocycles. The summed E-state index contributed by atoms with van der Waals surface area (Å²) in [7, 11) is 0. The van der Waals surface area contributed by atoms with E-state index in [9.17, 15) is 9.59 Å². The molecule has 1 amide bonds. The number of likely N-dealkylation sites (tertiary alicyclic amines) is 1. The molecule has 1 aromatic rings. The molecule has 0 atom stereocenters. The summed E-state index contributed by atoms with van der Waals surface area (Å²) >= 11 is 0. The third kappa shape index (κ3) is 1.66. The highest BCUT2D eigenvalue weighted by atomic mass is 16.2. The number of imidazole rings is 1. The minimum atomic E-state index is -0.102. The molecule has 0 N–H and O–H groups in total. The van der Waals surface area contributed by atoms with Gasteiger partial charge < -0.3 is 4.90 Å². The predicted molar refractivity (Wildman–Crippen MR) is 48.8 cm³/mol. The molecule has 0 bridgehead atoms. The highest BCUT2D eigenvalue weighted by Gasteiger charge is 2.21. The van der Waals surface area contributed by atoms with Crippen molar-refractivity contribution in [3.8, 4) is 0 Å². The van der Waals surface area contributed by atoms with E-state index in [4.69, 9.17) is 0 Å². The summed E-state index contributed by atoms with van der Waals surface area (Å²) in [6.07, 6.45) is 5.59. The van der Waals surface area contributed by atoms with Crippen LogP contribution in [0.5, 0.6) is 0 Å². The van der Waals surface area contributed by atoms with Gasteiger partial charge in [0.2, 0.25) is 0 Å². The van der Waals surface area contributed by atoms with E-state index in [2.05, 4.69) is 4.98 Å². The van der Waals surface area contributed by atoms with E-state index >= 15 is 0 Å². The third-order valence-electron chi connectivity index (χ3n) is 2.32. The molecule has 0 saturated carbocycles. The van der Waals surface area contributed by atoms with Crippen LogP contribution in [0.3, 0.4) is 0 Å². The van der Waals surface area contributed by atoms with E-state index in [0.29, 0.717) is 25.9 Å². The number of nitrogens with zero attached hydrogens (tertiary/aromatic N) is 3. The molecule has 1 aliphatic rings. The summed E-state index contributed by atoms with van der Waals surface area (Å²) < 4.78 is 1.43. The van der Waals surface area contributed by atoms with Crippen molar-refractivity contribution in [2.24, 2.45) is 0 Å². The van der Waals surface area contributed by atoms with E-state index in [1.54, 1.807) is 17.3 Å². The van der Waals surface area contributed by atoms with Crippen molar-refractivity contribution >= 4 is 11.8 Å². The van der Waals surface area contributed by atoms with Crippen molar-refractivity contribution in [3.63, 3.8) is 0 Å². The number of carbonyl (C=O) groups excluding carboxylic acids is 2. The van der Waals surface area contributed by atoms with Crippen LogP contribution < -0.4 is 0 Å². The van der Waals surface area contributed by atoms with E-state index in [-0.39, 0.29) is 11.8 Å². The summed E-state index contributed by atoms with van der Waals surface area (Å²) in [6, 6.07) is -0.102. The van der Waals surface area contributed by atoms with Crippen molar-refractivity contribution in [3.05, 3.63) is 18.7 Å². The number of hydrogen-bond acceptors (Lipinski definition) is 3. The Balaban J connectivity index is 2.03. The number of piperidine rings is 1. The zero-order valence-electron chi connectivity index (χ0n) is 7.72. The molecule has 0 spiro atoms. The number of rotatable bonds is 0. The van der Waals surface area contributed by atoms with Gasteiger partial charge in [-0.05, 0) is 0 Å². The van der Waals surface area contributed by atoms with Gasteiger partial charge in [-0.2, -0.15) is 0 Å². The van der Waals surface area contributed by atoms with Crippen molar-refractivity contribution in [2.75, 3.05) is 13.1 Å². The Kier molecular flexibility index (Phi) is 2.30. The van der Waals surface area contributed by atoms with Gasteiger partial charge >= 0.3 is 6.03 Å². The minimum Gasteiger partial charge on any atom is -0.323 e. The first-order valence-corrected chi connectivity index (χ1v) is 4.56. The average Bonchev–Trinajstić information content (AvgIpc) is 2.71. The van der Waals surface area contributed by atoms with Gasteiger partial charge in [0.1, 0.15) is 12.1 Å². The van der Waals surface area contributed by atoms with Gasteiger partial charge in [0.25, 0.3) is 0 Å². The van der Waals surface area contributed by atoms with Gasteiger partial charge in [-0.3, -0.25) is 9.36 Å². The van der Waals surface area contributed by atoms with Crippen LogP contribution >= 0.6 is 0 Å². The number of ketones is 1. The lowest BCUT2D eigenvalue weighted by atomic mass is 10.1. The summed E-state index contributed by atoms with van der Waals surface area (Å²) in [5.74, 6) is 0.236. The van der Waals surface area contributed by atoms with Crippen molar-refractivity contribution < 1.29 is 9.59 Å². The summed E-state index contributed by atoms with van der Waals surface area (Å²) in [6.45, 7) is 1.05. The van der Waals surface area contributed by atoms with Crippen molar-refractivity contribution in [2.45, 2.75) is 12.8 Å². The van der Waals surface area contributed by atoms with E-state index in [1.165, 1.54) is 10.9 Å². The predicted octanol–water partition coefficient (Wildman–Crippen LogP) is 0.516. The van der Waals surface area contributed by atoms with Crippen LogP contribution in [-0.2, 0) is 4.79 Å². The molecule has 1 aliphatic heterocycles. The molecule has 0 unspecified atom stereocenters. The van der Waals surface area contributed by atoms with Gasteiger partial charge in [-0.15, -0.1) is 0 Å². The second kappa shape index (κ2) is 3.61. The first-order valence-electron chi connectivity index (χ1n) is 4.56. The molecule has 5 nitrogen and oxygen atoms in total. The van der Waals surface area contributed by atoms with E-state index < -0.39 is 0 Å². The minimum absolute atomic E-state index is 0.102. The Hall–Kier alpha value is -1.65. The number of carbonyl (C=O) groups is 2. The maximum atomic E-state index is 11.7. The first-order chi connectivity index (χ1) is 6.77. The molecule has 0 aliphatic carbocycles. The van der Waals surface area contributed by atoms with E-state index in [0.717, 1.165) is 0 Å². The summed E-state index contributed by atoms with van der Waals surface area (Å²) in [4.78, 5) is 28.1. The lowest BCUT2D eigenvalue weighted by Gasteiger charge is -2.25. The maximum Gasteiger partial charge on any atom is 0.329 e. The van der Waals surface area contributed by atoms with Gasteiger partial charge in [-0.1, -0.05) is 0 Å². The molecule has 1 aromatic heterocycles. The number of hydrogen-bond donors (Lipinski definition) is 0. The first kappa shape index (κ1) is 8.93. The Labute approximate surface area is 81.3 Å². The molecule has 0 radical (unpaired) electrons. The van der Waals surface area contributed by atoms with Crippen LogP contribution in [0.4, 0.5) is 4.79 Å². The Morgan fingerprint density at radius 2 is 2.07 bits per heavy atom. The lowest BCUT2D eigenvalue weighted by molar-refractivity contribution is -0.120. The van der Waals surface area contributed by atoms with Crippen molar-refractivity contribution in [1.82, 2.24) is 14.5 Å². The molecule has 1 saturated heterocycles. The Bertz CT molecular complexity index is 335. The quantitative estimate of drug-likeness (QED) is 0.603. The van der Waals surface area contributed by atoms with Crippen LogP contribution in [0.1, 0.15) is 12.8 Å². The molecule has 14 heavy (non-hydrogen) atoms. The molecular formula is C9H11N3O2. The number of Topliss-reactive ketones (excluding diaryl/α,β-unsaturated/α-hetero) is 1. The molecule has 74 valence electrons. The van der Waals surface area contributed by atoms with Gasteiger partial charge in [-0.25, -0.2) is 9.78 Å². The van der Waals surface area contributed by atoms with Crippen LogP contribution in [0.2, 0.25) is 0 Å². The number of aromatic nitrogens is 2. The zero-order chi connectivity index (χ0) is 9.97. The fourth-order valence-electron chi connectivity index (χ4n) is 1.48. The largest absolute Gasteiger partial charge is 0.329 e. The zero-order valence-corrected chi connectivity index (χ0v) is 7.72. The molecule has 5 heteroatoms. The molecule has 1 fully saturated rings. The summed E-state index contributed by atoms with van der Waals surface area (Å²) in [5.41, 5.74) is 0. The highest BCUT2D eigenvalue weighted by Crippen LogP contribution is 2.07. The second-order valence-electron chi connectivity index (χ2n) is 3.28. The smallest absolute Gasteiger partial charge is 0.323 e. The second-order valence-corrected chi connectivity index (χ2v) is 3.28. The van der Waals surface area contributed by atoms with Gasteiger partial charge in [0.15, 0.2) is 0 Å². The Morgan fingerprint density at radius 1 is 1.36 bits per heavy atom. The number of amides is 1. The lowest BCUT2D eigenvalue weighted by Crippen LogP contribution is -2.40. The van der Waals surface area contributed by atoms with Crippen LogP contribution in [0, 0.1) is 0 Å². The molecular weight excluding hydrogens is 182 g/mol. The third-order valence-corrected chi connectivity index (χ3v) is 2.32. The average molecular weight is 193 g/mol. The van der Waals surface area contributed by atoms with Crippen LogP contribution in [0.15, 0.2) is 18.7 Å². The topological polar surface area (TPSA) is 55.2 Å². The normalized spacial score (nSPS) is 17.1. The van der Waals surface area contributed by atoms with Crippen LogP contribution in [0.25, 0.3) is 0 Å². The monoisotopic (exact) mass is 193 g/mol. The van der Waals surface area contributed by atoms with Gasteiger partial charge in [0.05, 0.1) is 0 Å².